The molecule has 0 amide bonds. The predicted molar refractivity (Wildman–Crippen MR) is 57.8 cm³/mol. The molecule has 2 rings (SSSR count). The molecule has 12 heavy (non-hydrogen) atoms. The summed E-state index contributed by atoms with van der Waals surface area (Å²) in [5.74, 6) is 0. The maximum Gasteiger partial charge on any atom is 0.158 e. The van der Waals surface area contributed by atoms with E-state index in [1.165, 1.54) is 11.3 Å². The zero-order valence-electron chi connectivity index (χ0n) is 5.83. The lowest BCUT2D eigenvalue weighted by Crippen LogP contribution is -1.67. The molecule has 2 aromatic rings. The largest absolute Gasteiger partial charge is 0.336 e. The minimum Gasteiger partial charge on any atom is -0.336 e. The Bertz CT molecular complexity index is 439. The Morgan fingerprint density at radius 2 is 2.25 bits per heavy atom. The van der Waals surface area contributed by atoms with E-state index in [0.717, 1.165) is 18.9 Å². The standard InChI is InChI=1S/C7H4ClNS3/c8-6-2-1-5(12-6)4-3-11-7(10)9-4/h1-3H,(H,9,10). The van der Waals surface area contributed by atoms with E-state index in [4.69, 9.17) is 23.8 Å². The fraction of sp³-hybridized carbons (Fsp3) is 0. The first-order valence-electron chi connectivity index (χ1n) is 3.19. The van der Waals surface area contributed by atoms with Gasteiger partial charge in [-0.15, -0.1) is 22.7 Å². The number of hydrogen-bond acceptors (Lipinski definition) is 3. The highest BCUT2D eigenvalue weighted by Crippen LogP contribution is 2.30. The van der Waals surface area contributed by atoms with Crippen LogP contribution >= 0.6 is 46.5 Å². The van der Waals surface area contributed by atoms with Crippen molar-refractivity contribution < 1.29 is 0 Å². The van der Waals surface area contributed by atoms with E-state index in [9.17, 15) is 0 Å². The van der Waals surface area contributed by atoms with Crippen molar-refractivity contribution in [1.82, 2.24) is 4.98 Å². The van der Waals surface area contributed by atoms with Crippen LogP contribution in [0, 0.1) is 3.95 Å². The molecule has 2 heterocycles. The lowest BCUT2D eigenvalue weighted by molar-refractivity contribution is 1.41. The van der Waals surface area contributed by atoms with Crippen molar-refractivity contribution in [2.24, 2.45) is 0 Å². The second-order valence-corrected chi connectivity index (χ2v) is 5.43. The fourth-order valence-electron chi connectivity index (χ4n) is 0.860. The van der Waals surface area contributed by atoms with Crippen LogP contribution in [0.5, 0.6) is 0 Å². The van der Waals surface area contributed by atoms with Crippen LogP contribution in [0.4, 0.5) is 0 Å². The van der Waals surface area contributed by atoms with Crippen molar-refractivity contribution in [3.8, 4) is 10.6 Å². The third kappa shape index (κ3) is 1.61. The van der Waals surface area contributed by atoms with Gasteiger partial charge in [-0.05, 0) is 24.4 Å². The fourth-order valence-corrected chi connectivity index (χ4v) is 2.78. The number of nitrogens with one attached hydrogen (secondary N) is 1. The molecule has 0 aliphatic carbocycles. The van der Waals surface area contributed by atoms with Gasteiger partial charge in [-0.1, -0.05) is 11.6 Å². The van der Waals surface area contributed by atoms with E-state index in [-0.39, 0.29) is 0 Å². The summed E-state index contributed by atoms with van der Waals surface area (Å²) >= 11 is 13.9. The van der Waals surface area contributed by atoms with Crippen molar-refractivity contribution >= 4 is 46.5 Å². The summed E-state index contributed by atoms with van der Waals surface area (Å²) in [6.45, 7) is 0. The van der Waals surface area contributed by atoms with Gasteiger partial charge in [-0.25, -0.2) is 0 Å². The molecule has 0 saturated carbocycles. The Morgan fingerprint density at radius 3 is 2.75 bits per heavy atom. The molecular formula is C7H4ClNS3. The molecule has 0 spiro atoms. The third-order valence-corrected chi connectivity index (χ3v) is 3.68. The summed E-state index contributed by atoms with van der Waals surface area (Å²) in [6.07, 6.45) is 0. The topological polar surface area (TPSA) is 15.8 Å². The monoisotopic (exact) mass is 233 g/mol. The van der Waals surface area contributed by atoms with Gasteiger partial charge >= 0.3 is 0 Å². The molecule has 0 aliphatic heterocycles. The Labute approximate surface area is 87.7 Å². The van der Waals surface area contributed by atoms with Crippen molar-refractivity contribution in [2.45, 2.75) is 0 Å². The average Bonchev–Trinajstić information content (AvgIpc) is 2.58. The minimum absolute atomic E-state index is 0.800. The van der Waals surface area contributed by atoms with Gasteiger partial charge in [0.05, 0.1) is 14.9 Å². The Balaban J connectivity index is 2.50. The number of aromatic amines is 1. The Morgan fingerprint density at radius 1 is 1.42 bits per heavy atom. The van der Waals surface area contributed by atoms with Crippen LogP contribution in [0.3, 0.4) is 0 Å². The van der Waals surface area contributed by atoms with Crippen LogP contribution < -0.4 is 0 Å². The van der Waals surface area contributed by atoms with E-state index in [2.05, 4.69) is 4.98 Å². The minimum atomic E-state index is 0.800. The number of halogens is 1. The van der Waals surface area contributed by atoms with E-state index in [1.54, 1.807) is 11.3 Å². The SMILES string of the molecule is S=c1[nH]c(-c2ccc(Cl)s2)cs1. The molecule has 0 aliphatic rings. The third-order valence-electron chi connectivity index (χ3n) is 1.36. The first-order valence-corrected chi connectivity index (χ1v) is 5.67. The van der Waals surface area contributed by atoms with Crippen molar-refractivity contribution in [1.29, 1.82) is 0 Å². The van der Waals surface area contributed by atoms with Gasteiger partial charge in [-0.3, -0.25) is 0 Å². The molecule has 0 unspecified atom stereocenters. The normalized spacial score (nSPS) is 10.4. The molecular weight excluding hydrogens is 230 g/mol. The van der Waals surface area contributed by atoms with E-state index in [0.29, 0.717) is 0 Å². The molecule has 0 fully saturated rings. The van der Waals surface area contributed by atoms with Gasteiger partial charge < -0.3 is 4.98 Å². The number of thiazole rings is 1. The highest BCUT2D eigenvalue weighted by atomic mass is 35.5. The first-order chi connectivity index (χ1) is 5.75. The van der Waals surface area contributed by atoms with Crippen LogP contribution in [-0.2, 0) is 0 Å². The molecule has 0 saturated heterocycles. The van der Waals surface area contributed by atoms with Gasteiger partial charge in [0.25, 0.3) is 0 Å². The molecule has 1 nitrogen and oxygen atoms in total. The highest BCUT2D eigenvalue weighted by molar-refractivity contribution is 7.73. The molecule has 0 radical (unpaired) electrons. The average molecular weight is 234 g/mol. The summed E-state index contributed by atoms with van der Waals surface area (Å²) in [7, 11) is 0. The number of H-pyrrole nitrogens is 1. The lowest BCUT2D eigenvalue weighted by Gasteiger charge is -1.86. The summed E-state index contributed by atoms with van der Waals surface area (Å²) in [6, 6.07) is 3.87. The van der Waals surface area contributed by atoms with Crippen LogP contribution in [0.15, 0.2) is 17.5 Å². The molecule has 2 aromatic heterocycles. The number of rotatable bonds is 1. The second kappa shape index (κ2) is 3.30. The first kappa shape index (κ1) is 8.44. The second-order valence-electron chi connectivity index (χ2n) is 2.17. The number of aromatic nitrogens is 1. The molecule has 0 atom stereocenters. The number of hydrogen-bond donors (Lipinski definition) is 1. The highest BCUT2D eigenvalue weighted by Gasteiger charge is 2.01. The van der Waals surface area contributed by atoms with Crippen LogP contribution in [0.1, 0.15) is 0 Å². The van der Waals surface area contributed by atoms with Crippen molar-refractivity contribution in [3.63, 3.8) is 0 Å². The Kier molecular flexibility index (Phi) is 2.32. The van der Waals surface area contributed by atoms with Crippen LogP contribution in [0.25, 0.3) is 10.6 Å². The van der Waals surface area contributed by atoms with E-state index < -0.39 is 0 Å². The zero-order valence-corrected chi connectivity index (χ0v) is 9.04. The van der Waals surface area contributed by atoms with E-state index in [1.807, 2.05) is 17.5 Å². The molecule has 5 heteroatoms. The van der Waals surface area contributed by atoms with Crippen LogP contribution in [-0.4, -0.2) is 4.98 Å². The summed E-state index contributed by atoms with van der Waals surface area (Å²) in [5.41, 5.74) is 1.06. The summed E-state index contributed by atoms with van der Waals surface area (Å²) in [4.78, 5) is 4.22. The molecule has 62 valence electrons. The molecule has 1 N–H and O–H groups in total. The van der Waals surface area contributed by atoms with Gasteiger partial charge in [-0.2, -0.15) is 0 Å². The predicted octanol–water partition coefficient (Wildman–Crippen LogP) is 4.19. The smallest absolute Gasteiger partial charge is 0.158 e. The molecule has 0 aromatic carbocycles. The number of thiophene rings is 1. The van der Waals surface area contributed by atoms with Crippen molar-refractivity contribution in [3.05, 3.63) is 25.8 Å². The summed E-state index contributed by atoms with van der Waals surface area (Å²) in [5, 5.41) is 2.00. The zero-order chi connectivity index (χ0) is 8.55. The van der Waals surface area contributed by atoms with Gasteiger partial charge in [0.1, 0.15) is 0 Å². The van der Waals surface area contributed by atoms with Gasteiger partial charge in [0.15, 0.2) is 3.95 Å². The Hall–Kier alpha value is -0.160. The van der Waals surface area contributed by atoms with Gasteiger partial charge in [0.2, 0.25) is 0 Å². The molecule has 0 bridgehead atoms. The lowest BCUT2D eigenvalue weighted by atomic mass is 10.4. The van der Waals surface area contributed by atoms with Crippen molar-refractivity contribution in [2.75, 3.05) is 0 Å². The summed E-state index contributed by atoms with van der Waals surface area (Å²) < 4.78 is 1.60. The maximum absolute atomic E-state index is 5.80. The quantitative estimate of drug-likeness (QED) is 0.731. The van der Waals surface area contributed by atoms with Gasteiger partial charge in [0, 0.05) is 5.38 Å². The van der Waals surface area contributed by atoms with E-state index >= 15 is 0 Å². The van der Waals surface area contributed by atoms with Crippen LogP contribution in [0.2, 0.25) is 4.34 Å². The maximum atomic E-state index is 5.80.